The van der Waals surface area contributed by atoms with Gasteiger partial charge >= 0.3 is 0 Å². The summed E-state index contributed by atoms with van der Waals surface area (Å²) in [4.78, 5) is 0.263. The molecule has 1 aromatic heterocycles. The third-order valence-electron chi connectivity index (χ3n) is 3.86. The van der Waals surface area contributed by atoms with Crippen LogP contribution >= 0.6 is 0 Å². The van der Waals surface area contributed by atoms with Crippen LogP contribution in [0.1, 0.15) is 19.9 Å². The molecule has 0 N–H and O–H groups in total. The number of rotatable bonds is 4. The maximum absolute atomic E-state index is 13.0. The lowest BCUT2D eigenvalue weighted by molar-refractivity contribution is 0.0730. The lowest BCUT2D eigenvalue weighted by Crippen LogP contribution is -2.40. The molecule has 0 atom stereocenters. The zero-order valence-electron chi connectivity index (χ0n) is 13.3. The predicted octanol–water partition coefficient (Wildman–Crippen LogP) is 2.15. The van der Waals surface area contributed by atoms with E-state index in [-0.39, 0.29) is 10.9 Å². The summed E-state index contributed by atoms with van der Waals surface area (Å²) in [6, 6.07) is 9.52. The molecule has 2 heterocycles. The average molecular weight is 335 g/mol. The molecule has 1 aromatic carbocycles. The SMILES string of the molecule is CC(C)n1cc(S(=O)(=O)N2CCOCC2)c(-c2ccccc2)n1. The van der Waals surface area contributed by atoms with Crippen molar-refractivity contribution >= 4 is 10.0 Å². The molecule has 1 saturated heterocycles. The van der Waals surface area contributed by atoms with Gasteiger partial charge in [0.1, 0.15) is 10.6 Å². The van der Waals surface area contributed by atoms with E-state index in [4.69, 9.17) is 4.74 Å². The Balaban J connectivity index is 2.10. The normalized spacial score (nSPS) is 16.8. The van der Waals surface area contributed by atoms with Gasteiger partial charge in [0.05, 0.1) is 13.2 Å². The molecule has 1 aliphatic heterocycles. The predicted molar refractivity (Wildman–Crippen MR) is 87.6 cm³/mol. The molecule has 0 unspecified atom stereocenters. The second kappa shape index (κ2) is 6.43. The number of hydrogen-bond donors (Lipinski definition) is 0. The summed E-state index contributed by atoms with van der Waals surface area (Å²) >= 11 is 0. The van der Waals surface area contributed by atoms with Crippen LogP contribution in [0.4, 0.5) is 0 Å². The standard InChI is InChI=1S/C16H21N3O3S/c1-13(2)19-12-15(16(17-19)14-6-4-3-5-7-14)23(20,21)18-8-10-22-11-9-18/h3-7,12-13H,8-11H2,1-2H3. The average Bonchev–Trinajstić information content (AvgIpc) is 3.03. The maximum atomic E-state index is 13.0. The van der Waals surface area contributed by atoms with Crippen molar-refractivity contribution in [3.05, 3.63) is 36.5 Å². The summed E-state index contributed by atoms with van der Waals surface area (Å²) < 4.78 is 34.5. The van der Waals surface area contributed by atoms with E-state index < -0.39 is 10.0 Å². The van der Waals surface area contributed by atoms with Crippen LogP contribution < -0.4 is 0 Å². The van der Waals surface area contributed by atoms with Crippen LogP contribution in [0.2, 0.25) is 0 Å². The van der Waals surface area contributed by atoms with Crippen LogP contribution in [0.3, 0.4) is 0 Å². The summed E-state index contributed by atoms with van der Waals surface area (Å²) in [7, 11) is -3.58. The Morgan fingerprint density at radius 1 is 1.13 bits per heavy atom. The Labute approximate surface area is 136 Å². The minimum absolute atomic E-state index is 0.0890. The van der Waals surface area contributed by atoms with Crippen LogP contribution in [-0.4, -0.2) is 48.8 Å². The molecule has 1 fully saturated rings. The van der Waals surface area contributed by atoms with Crippen molar-refractivity contribution in [2.24, 2.45) is 0 Å². The van der Waals surface area contributed by atoms with Crippen molar-refractivity contribution in [2.75, 3.05) is 26.3 Å². The minimum Gasteiger partial charge on any atom is -0.379 e. The van der Waals surface area contributed by atoms with Gasteiger partial charge in [0.15, 0.2) is 0 Å². The molecular formula is C16H21N3O3S. The van der Waals surface area contributed by atoms with Gasteiger partial charge in [0.2, 0.25) is 10.0 Å². The topological polar surface area (TPSA) is 64.4 Å². The van der Waals surface area contributed by atoms with Gasteiger partial charge in [0.25, 0.3) is 0 Å². The van der Waals surface area contributed by atoms with E-state index in [0.717, 1.165) is 5.56 Å². The molecule has 23 heavy (non-hydrogen) atoms. The van der Waals surface area contributed by atoms with E-state index >= 15 is 0 Å². The van der Waals surface area contributed by atoms with Gasteiger partial charge in [0, 0.05) is 30.9 Å². The smallest absolute Gasteiger partial charge is 0.246 e. The molecule has 0 radical (unpaired) electrons. The Morgan fingerprint density at radius 3 is 2.39 bits per heavy atom. The number of nitrogens with zero attached hydrogens (tertiary/aromatic N) is 3. The molecule has 6 nitrogen and oxygen atoms in total. The lowest BCUT2D eigenvalue weighted by atomic mass is 10.2. The number of morpholine rings is 1. The van der Waals surface area contributed by atoms with Crippen LogP contribution in [0, 0.1) is 0 Å². The van der Waals surface area contributed by atoms with Crippen LogP contribution in [0.15, 0.2) is 41.4 Å². The van der Waals surface area contributed by atoms with E-state index in [0.29, 0.717) is 32.0 Å². The largest absolute Gasteiger partial charge is 0.379 e. The highest BCUT2D eigenvalue weighted by atomic mass is 32.2. The highest BCUT2D eigenvalue weighted by molar-refractivity contribution is 7.89. The molecule has 7 heteroatoms. The summed E-state index contributed by atoms with van der Waals surface area (Å²) in [5.41, 5.74) is 1.31. The summed E-state index contributed by atoms with van der Waals surface area (Å²) in [5, 5.41) is 4.52. The third-order valence-corrected chi connectivity index (χ3v) is 5.76. The number of hydrogen-bond acceptors (Lipinski definition) is 4. The highest BCUT2D eigenvalue weighted by Crippen LogP contribution is 2.29. The van der Waals surface area contributed by atoms with E-state index in [9.17, 15) is 8.42 Å². The fraction of sp³-hybridized carbons (Fsp3) is 0.438. The van der Waals surface area contributed by atoms with Crippen molar-refractivity contribution in [1.29, 1.82) is 0 Å². The summed E-state index contributed by atoms with van der Waals surface area (Å²) in [6.07, 6.45) is 1.64. The monoisotopic (exact) mass is 335 g/mol. The fourth-order valence-corrected chi connectivity index (χ4v) is 4.10. The second-order valence-corrected chi connectivity index (χ2v) is 7.70. The van der Waals surface area contributed by atoms with Gasteiger partial charge in [-0.1, -0.05) is 30.3 Å². The number of aromatic nitrogens is 2. The van der Waals surface area contributed by atoms with Gasteiger partial charge in [-0.25, -0.2) is 8.42 Å². The van der Waals surface area contributed by atoms with Gasteiger partial charge < -0.3 is 4.74 Å². The summed E-state index contributed by atoms with van der Waals surface area (Å²) in [6.45, 7) is 5.57. The number of benzene rings is 1. The molecule has 1 aliphatic rings. The van der Waals surface area contributed by atoms with Crippen LogP contribution in [0.5, 0.6) is 0 Å². The Bertz CT molecular complexity index is 763. The molecule has 124 valence electrons. The Kier molecular flexibility index (Phi) is 4.52. The van der Waals surface area contributed by atoms with E-state index in [2.05, 4.69) is 5.10 Å². The van der Waals surface area contributed by atoms with Crippen molar-refractivity contribution in [3.8, 4) is 11.3 Å². The zero-order valence-corrected chi connectivity index (χ0v) is 14.2. The maximum Gasteiger partial charge on any atom is 0.246 e. The van der Waals surface area contributed by atoms with E-state index in [1.54, 1.807) is 10.9 Å². The molecule has 3 rings (SSSR count). The lowest BCUT2D eigenvalue weighted by Gasteiger charge is -2.25. The first-order valence-electron chi connectivity index (χ1n) is 7.72. The molecule has 0 saturated carbocycles. The molecule has 0 aliphatic carbocycles. The molecule has 2 aromatic rings. The fourth-order valence-electron chi connectivity index (χ4n) is 2.55. The van der Waals surface area contributed by atoms with Crippen LogP contribution in [0.25, 0.3) is 11.3 Å². The van der Waals surface area contributed by atoms with Crippen molar-refractivity contribution < 1.29 is 13.2 Å². The molecule has 0 amide bonds. The quantitative estimate of drug-likeness (QED) is 0.859. The summed E-state index contributed by atoms with van der Waals surface area (Å²) in [5.74, 6) is 0. The van der Waals surface area contributed by atoms with E-state index in [1.807, 2.05) is 44.2 Å². The molecular weight excluding hydrogens is 314 g/mol. The third kappa shape index (κ3) is 3.17. The zero-order chi connectivity index (χ0) is 16.4. The first-order chi connectivity index (χ1) is 11.0. The minimum atomic E-state index is -3.58. The Hall–Kier alpha value is -1.70. The second-order valence-electron chi connectivity index (χ2n) is 5.80. The number of ether oxygens (including phenoxy) is 1. The van der Waals surface area contributed by atoms with Crippen molar-refractivity contribution in [1.82, 2.24) is 14.1 Å². The van der Waals surface area contributed by atoms with Crippen molar-refractivity contribution in [3.63, 3.8) is 0 Å². The highest BCUT2D eigenvalue weighted by Gasteiger charge is 2.31. The Morgan fingerprint density at radius 2 is 1.78 bits per heavy atom. The van der Waals surface area contributed by atoms with Gasteiger partial charge in [-0.3, -0.25) is 4.68 Å². The van der Waals surface area contributed by atoms with Crippen molar-refractivity contribution in [2.45, 2.75) is 24.8 Å². The van der Waals surface area contributed by atoms with Gasteiger partial charge in [-0.2, -0.15) is 9.40 Å². The number of sulfonamides is 1. The first kappa shape index (κ1) is 16.2. The first-order valence-corrected chi connectivity index (χ1v) is 9.16. The van der Waals surface area contributed by atoms with E-state index in [1.165, 1.54) is 4.31 Å². The van der Waals surface area contributed by atoms with Gasteiger partial charge in [-0.15, -0.1) is 0 Å². The molecule has 0 bridgehead atoms. The molecule has 0 spiro atoms. The van der Waals surface area contributed by atoms with Crippen LogP contribution in [-0.2, 0) is 14.8 Å². The van der Waals surface area contributed by atoms with Gasteiger partial charge in [-0.05, 0) is 13.8 Å².